The molecule has 2 atom stereocenters. The van der Waals surface area contributed by atoms with Crippen molar-refractivity contribution in [2.24, 2.45) is 0 Å². The number of para-hydroxylation sites is 1. The highest BCUT2D eigenvalue weighted by molar-refractivity contribution is 7.99. The van der Waals surface area contributed by atoms with Crippen molar-refractivity contribution in [2.45, 2.75) is 68.3 Å². The second-order valence-corrected chi connectivity index (χ2v) is 15.3. The van der Waals surface area contributed by atoms with Crippen LogP contribution in [-0.2, 0) is 9.59 Å². The van der Waals surface area contributed by atoms with Crippen molar-refractivity contribution in [3.05, 3.63) is 90.3 Å². The number of rotatable bonds is 13. The third-order valence-electron chi connectivity index (χ3n) is 10.5. The van der Waals surface area contributed by atoms with Gasteiger partial charge >= 0.3 is 0 Å². The van der Waals surface area contributed by atoms with E-state index >= 15 is 0 Å². The van der Waals surface area contributed by atoms with E-state index in [1.54, 1.807) is 23.9 Å². The molecule has 282 valence electrons. The highest BCUT2D eigenvalue weighted by atomic mass is 32.2. The average Bonchev–Trinajstić information content (AvgIpc) is 3.71. The summed E-state index contributed by atoms with van der Waals surface area (Å²) in [5, 5.41) is 8.12. The molecule has 0 spiro atoms. The van der Waals surface area contributed by atoms with E-state index in [-0.39, 0.29) is 24.8 Å². The summed E-state index contributed by atoms with van der Waals surface area (Å²) in [6.45, 7) is 2.91. The van der Waals surface area contributed by atoms with Gasteiger partial charge in [0, 0.05) is 23.4 Å². The summed E-state index contributed by atoms with van der Waals surface area (Å²) in [4.78, 5) is 63.9. The van der Waals surface area contributed by atoms with Crippen molar-refractivity contribution in [2.75, 3.05) is 31.1 Å². The van der Waals surface area contributed by atoms with Crippen LogP contribution in [0.15, 0.2) is 84.0 Å². The van der Waals surface area contributed by atoms with Crippen molar-refractivity contribution in [1.29, 1.82) is 0 Å². The van der Waals surface area contributed by atoms with Crippen LogP contribution in [0.3, 0.4) is 0 Å². The van der Waals surface area contributed by atoms with Crippen LogP contribution in [0.25, 0.3) is 22.3 Å². The van der Waals surface area contributed by atoms with Gasteiger partial charge in [-0.2, -0.15) is 5.10 Å². The van der Waals surface area contributed by atoms with Gasteiger partial charge in [0.15, 0.2) is 5.65 Å². The van der Waals surface area contributed by atoms with E-state index in [1.807, 2.05) is 65.3 Å². The summed E-state index contributed by atoms with van der Waals surface area (Å²) in [5.41, 5.74) is 9.53. The Kier molecular flexibility index (Phi) is 10.6. The number of aromatic nitrogens is 4. The van der Waals surface area contributed by atoms with Gasteiger partial charge in [0.25, 0.3) is 11.8 Å². The summed E-state index contributed by atoms with van der Waals surface area (Å²) < 4.78 is 8.04. The number of hydrogen-bond acceptors (Lipinski definition) is 11. The number of imide groups is 2. The van der Waals surface area contributed by atoms with Gasteiger partial charge in [-0.05, 0) is 99.5 Å². The summed E-state index contributed by atoms with van der Waals surface area (Å²) in [7, 11) is 0. The van der Waals surface area contributed by atoms with E-state index in [0.717, 1.165) is 107 Å². The summed E-state index contributed by atoms with van der Waals surface area (Å²) in [6.07, 6.45) is 7.98. The Balaban J connectivity index is 0.836. The van der Waals surface area contributed by atoms with Gasteiger partial charge in [0.1, 0.15) is 35.4 Å². The molecular formula is C41H42N8O5S. The zero-order chi connectivity index (χ0) is 37.9. The Morgan fingerprint density at radius 1 is 0.855 bits per heavy atom. The predicted octanol–water partition coefficient (Wildman–Crippen LogP) is 6.26. The van der Waals surface area contributed by atoms with E-state index in [0.29, 0.717) is 16.9 Å². The van der Waals surface area contributed by atoms with Gasteiger partial charge in [-0.25, -0.2) is 14.6 Å². The van der Waals surface area contributed by atoms with Crippen LogP contribution in [0, 0.1) is 0 Å². The molecule has 5 aromatic rings. The largest absolute Gasteiger partial charge is 0.457 e. The quantitative estimate of drug-likeness (QED) is 0.0791. The van der Waals surface area contributed by atoms with Crippen LogP contribution in [0.5, 0.6) is 11.5 Å². The van der Waals surface area contributed by atoms with E-state index in [2.05, 4.69) is 20.2 Å². The molecule has 3 aliphatic rings. The topological polar surface area (TPSA) is 166 Å². The lowest BCUT2D eigenvalue weighted by Gasteiger charge is -2.33. The van der Waals surface area contributed by atoms with Crippen LogP contribution in [0.2, 0.25) is 0 Å². The van der Waals surface area contributed by atoms with Crippen molar-refractivity contribution >= 4 is 52.2 Å². The van der Waals surface area contributed by atoms with E-state index in [1.165, 1.54) is 6.33 Å². The number of carbonyl (C=O) groups excluding carboxylic acids is 4. The fraction of sp³-hybridized carbons (Fsp3) is 0.341. The first kappa shape index (κ1) is 36.4. The maximum Gasteiger partial charge on any atom is 0.263 e. The highest BCUT2D eigenvalue weighted by Crippen LogP contribution is 2.36. The molecule has 14 heteroatoms. The van der Waals surface area contributed by atoms with Crippen molar-refractivity contribution in [3.8, 4) is 22.8 Å². The molecule has 0 bridgehead atoms. The zero-order valence-electron chi connectivity index (χ0n) is 30.4. The fourth-order valence-corrected chi connectivity index (χ4v) is 8.85. The number of nitrogen functional groups attached to an aromatic ring is 1. The SMILES string of the molecule is Nc1ncnc2c1c(-c1ccc(Oc3ccccc3)cc1)nn2[C@@H]1CCCN(CCCCCCSc2cccc3c2C(=O)N(C2CCC(=O)NC2=O)C3=O)C1. The van der Waals surface area contributed by atoms with Crippen molar-refractivity contribution in [3.63, 3.8) is 0 Å². The van der Waals surface area contributed by atoms with Crippen LogP contribution in [-0.4, -0.2) is 84.6 Å². The number of fused-ring (bicyclic) bond motifs is 2. The minimum Gasteiger partial charge on any atom is -0.457 e. The Hall–Kier alpha value is -5.60. The number of thioether (sulfide) groups is 1. The van der Waals surface area contributed by atoms with Gasteiger partial charge < -0.3 is 15.4 Å². The van der Waals surface area contributed by atoms with Crippen molar-refractivity contribution in [1.82, 2.24) is 34.9 Å². The molecule has 2 saturated heterocycles. The van der Waals surface area contributed by atoms with Gasteiger partial charge in [-0.1, -0.05) is 37.1 Å². The number of nitrogens with one attached hydrogen (secondary N) is 1. The van der Waals surface area contributed by atoms with Gasteiger partial charge in [-0.3, -0.25) is 29.4 Å². The number of nitrogens with zero attached hydrogens (tertiary/aromatic N) is 6. The average molecular weight is 759 g/mol. The van der Waals surface area contributed by atoms with Crippen LogP contribution >= 0.6 is 11.8 Å². The highest BCUT2D eigenvalue weighted by Gasteiger charge is 2.45. The maximum absolute atomic E-state index is 13.4. The first-order valence-corrected chi connectivity index (χ1v) is 19.9. The number of benzene rings is 3. The number of likely N-dealkylation sites (tertiary alicyclic amines) is 1. The first-order valence-electron chi connectivity index (χ1n) is 18.9. The number of anilines is 1. The monoisotopic (exact) mass is 758 g/mol. The molecule has 1 unspecified atom stereocenters. The lowest BCUT2D eigenvalue weighted by Crippen LogP contribution is -2.54. The number of ether oxygens (including phenoxy) is 1. The predicted molar refractivity (Wildman–Crippen MR) is 209 cm³/mol. The molecule has 8 rings (SSSR count). The second-order valence-electron chi connectivity index (χ2n) is 14.2. The molecule has 3 aliphatic heterocycles. The van der Waals surface area contributed by atoms with E-state index in [9.17, 15) is 19.2 Å². The molecular weight excluding hydrogens is 717 g/mol. The molecule has 2 aromatic heterocycles. The molecule has 13 nitrogen and oxygen atoms in total. The Bertz CT molecular complexity index is 2250. The summed E-state index contributed by atoms with van der Waals surface area (Å²) in [5.74, 6) is 0.802. The second kappa shape index (κ2) is 16.0. The number of carbonyl (C=O) groups is 4. The molecule has 55 heavy (non-hydrogen) atoms. The molecule has 0 saturated carbocycles. The Morgan fingerprint density at radius 2 is 1.65 bits per heavy atom. The van der Waals surface area contributed by atoms with Gasteiger partial charge in [0.05, 0.1) is 22.6 Å². The first-order chi connectivity index (χ1) is 26.9. The molecule has 3 N–H and O–H groups in total. The summed E-state index contributed by atoms with van der Waals surface area (Å²) >= 11 is 1.57. The van der Waals surface area contributed by atoms with E-state index in [4.69, 9.17) is 15.6 Å². The number of amides is 4. The normalized spacial score (nSPS) is 18.9. The van der Waals surface area contributed by atoms with E-state index < -0.39 is 23.8 Å². The number of piperidine rings is 2. The number of unbranched alkanes of at least 4 members (excludes halogenated alkanes) is 3. The van der Waals surface area contributed by atoms with Crippen LogP contribution < -0.4 is 15.8 Å². The molecule has 4 amide bonds. The van der Waals surface area contributed by atoms with Crippen LogP contribution in [0.1, 0.15) is 78.1 Å². The molecule has 2 fully saturated rings. The maximum atomic E-state index is 13.4. The Morgan fingerprint density at radius 3 is 2.47 bits per heavy atom. The Labute approximate surface area is 322 Å². The minimum absolute atomic E-state index is 0.0969. The molecule has 3 aromatic carbocycles. The standard InChI is InChI=1S/C41H42N8O5S/c42-37-35-36(26-15-17-29(18-16-26)54-28-11-4-3-5-12-28)46-49(38(35)44-25-43-37)27-10-9-22-47(24-27)21-6-1-2-7-23-55-32-14-8-13-30-34(32)41(53)48(40(30)52)31-19-20-33(50)45-39(31)51/h3-5,8,11-18,25,27,31H,1-2,6-7,9-10,19-24H2,(H2,42,43,44)(H,45,50,51)/t27-,31?/m1/s1. The van der Waals surface area contributed by atoms with Gasteiger partial charge in [0.2, 0.25) is 11.8 Å². The van der Waals surface area contributed by atoms with Crippen molar-refractivity contribution < 1.29 is 23.9 Å². The van der Waals surface area contributed by atoms with Gasteiger partial charge in [-0.15, -0.1) is 11.8 Å². The molecule has 0 radical (unpaired) electrons. The fourth-order valence-electron chi connectivity index (χ4n) is 7.77. The minimum atomic E-state index is -0.966. The number of nitrogens with two attached hydrogens (primary N) is 1. The zero-order valence-corrected chi connectivity index (χ0v) is 31.2. The third-order valence-corrected chi connectivity index (χ3v) is 11.7. The lowest BCUT2D eigenvalue weighted by atomic mass is 10.0. The molecule has 0 aliphatic carbocycles. The summed E-state index contributed by atoms with van der Waals surface area (Å²) in [6, 6.07) is 22.0. The molecule has 5 heterocycles. The smallest absolute Gasteiger partial charge is 0.263 e. The lowest BCUT2D eigenvalue weighted by molar-refractivity contribution is -0.136. The number of hydrogen-bond donors (Lipinski definition) is 2. The third kappa shape index (κ3) is 7.56. The van der Waals surface area contributed by atoms with Crippen LogP contribution in [0.4, 0.5) is 5.82 Å².